The van der Waals surface area contributed by atoms with Gasteiger partial charge in [0.25, 0.3) is 0 Å². The lowest BCUT2D eigenvalue weighted by Gasteiger charge is -2.09. The number of aromatic hydroxyl groups is 2. The second kappa shape index (κ2) is 6.12. The summed E-state index contributed by atoms with van der Waals surface area (Å²) in [6.07, 6.45) is 0. The SMILES string of the molecule is CCOC(=O)c1c(O)c(O)c(C(=O)OCC)n1CC. The highest BCUT2D eigenvalue weighted by Gasteiger charge is 2.31. The van der Waals surface area contributed by atoms with Crippen LogP contribution in [0.4, 0.5) is 0 Å². The largest absolute Gasteiger partial charge is 0.503 e. The summed E-state index contributed by atoms with van der Waals surface area (Å²) in [7, 11) is 0. The predicted octanol–water partition coefficient (Wildman–Crippen LogP) is 1.27. The predicted molar refractivity (Wildman–Crippen MR) is 65.3 cm³/mol. The summed E-state index contributed by atoms with van der Waals surface area (Å²) in [4.78, 5) is 23.4. The lowest BCUT2D eigenvalue weighted by atomic mass is 10.3. The van der Waals surface area contributed by atoms with Gasteiger partial charge in [-0.25, -0.2) is 9.59 Å². The van der Waals surface area contributed by atoms with Crippen LogP contribution in [0.3, 0.4) is 0 Å². The number of hydrogen-bond donors (Lipinski definition) is 2. The molecule has 1 heterocycles. The first kappa shape index (κ1) is 14.9. The molecule has 7 nitrogen and oxygen atoms in total. The van der Waals surface area contributed by atoms with Gasteiger partial charge >= 0.3 is 11.9 Å². The highest BCUT2D eigenvalue weighted by atomic mass is 16.5. The number of rotatable bonds is 5. The molecule has 2 N–H and O–H groups in total. The maximum absolute atomic E-state index is 11.7. The summed E-state index contributed by atoms with van der Waals surface area (Å²) in [5.74, 6) is -2.98. The third-order valence-electron chi connectivity index (χ3n) is 2.47. The van der Waals surface area contributed by atoms with Crippen molar-refractivity contribution in [3.05, 3.63) is 11.4 Å². The molecule has 0 bridgehead atoms. The molecule has 7 heteroatoms. The molecule has 0 amide bonds. The molecule has 106 valence electrons. The van der Waals surface area contributed by atoms with Crippen molar-refractivity contribution in [2.45, 2.75) is 27.3 Å². The highest BCUT2D eigenvalue weighted by molar-refractivity contribution is 5.99. The molecule has 19 heavy (non-hydrogen) atoms. The lowest BCUT2D eigenvalue weighted by Crippen LogP contribution is -2.17. The first-order chi connectivity index (χ1) is 8.99. The minimum Gasteiger partial charge on any atom is -0.503 e. The van der Waals surface area contributed by atoms with Gasteiger partial charge in [-0.15, -0.1) is 0 Å². The van der Waals surface area contributed by atoms with E-state index in [0.717, 1.165) is 0 Å². The standard InChI is InChI=1S/C12H17NO6/c1-4-13-7(11(16)18-5-2)9(14)10(15)8(13)12(17)19-6-3/h14-15H,4-6H2,1-3H3. The van der Waals surface area contributed by atoms with E-state index in [1.807, 2.05) is 0 Å². The molecule has 0 aliphatic carbocycles. The smallest absolute Gasteiger partial charge is 0.359 e. The Kier molecular flexibility index (Phi) is 4.80. The van der Waals surface area contributed by atoms with Crippen LogP contribution in [0.2, 0.25) is 0 Å². The van der Waals surface area contributed by atoms with Crippen LogP contribution in [-0.4, -0.2) is 39.9 Å². The molecule has 0 saturated heterocycles. The van der Waals surface area contributed by atoms with Crippen molar-refractivity contribution >= 4 is 11.9 Å². The van der Waals surface area contributed by atoms with Gasteiger partial charge < -0.3 is 24.3 Å². The molecule has 0 unspecified atom stereocenters. The van der Waals surface area contributed by atoms with Gasteiger partial charge in [-0.05, 0) is 20.8 Å². The van der Waals surface area contributed by atoms with Crippen molar-refractivity contribution in [3.8, 4) is 11.5 Å². The highest BCUT2D eigenvalue weighted by Crippen LogP contribution is 2.36. The van der Waals surface area contributed by atoms with Gasteiger partial charge in [0, 0.05) is 6.54 Å². The van der Waals surface area contributed by atoms with Gasteiger partial charge in [0.05, 0.1) is 13.2 Å². The summed E-state index contributed by atoms with van der Waals surface area (Å²) in [5.41, 5.74) is -0.519. The lowest BCUT2D eigenvalue weighted by molar-refractivity contribution is 0.0501. The second-order valence-corrected chi connectivity index (χ2v) is 3.58. The Morgan fingerprint density at radius 2 is 1.32 bits per heavy atom. The molecule has 0 saturated carbocycles. The molecule has 1 rings (SSSR count). The molecular formula is C12H17NO6. The first-order valence-electron chi connectivity index (χ1n) is 5.98. The van der Waals surface area contributed by atoms with Crippen molar-refractivity contribution in [1.82, 2.24) is 4.57 Å². The number of aromatic nitrogens is 1. The number of carbonyl (C=O) groups is 2. The molecule has 1 aromatic rings. The van der Waals surface area contributed by atoms with E-state index >= 15 is 0 Å². The Balaban J connectivity index is 3.38. The van der Waals surface area contributed by atoms with E-state index in [1.54, 1.807) is 20.8 Å². The summed E-state index contributed by atoms with van der Waals surface area (Å²) < 4.78 is 10.7. The minimum absolute atomic E-state index is 0.114. The molecule has 0 aliphatic heterocycles. The van der Waals surface area contributed by atoms with Crippen molar-refractivity contribution in [2.75, 3.05) is 13.2 Å². The van der Waals surface area contributed by atoms with E-state index < -0.39 is 23.4 Å². The zero-order valence-corrected chi connectivity index (χ0v) is 11.1. The van der Waals surface area contributed by atoms with E-state index in [0.29, 0.717) is 0 Å². The molecule has 1 aromatic heterocycles. The van der Waals surface area contributed by atoms with E-state index in [4.69, 9.17) is 9.47 Å². The minimum atomic E-state index is -0.812. The number of carbonyl (C=O) groups excluding carboxylic acids is 2. The van der Waals surface area contributed by atoms with Gasteiger partial charge in [-0.3, -0.25) is 0 Å². The fraction of sp³-hybridized carbons (Fsp3) is 0.500. The number of hydrogen-bond acceptors (Lipinski definition) is 6. The summed E-state index contributed by atoms with van der Waals surface area (Å²) in [5, 5.41) is 19.5. The van der Waals surface area contributed by atoms with Gasteiger partial charge in [0.2, 0.25) is 0 Å². The van der Waals surface area contributed by atoms with Gasteiger partial charge in [0.15, 0.2) is 22.9 Å². The van der Waals surface area contributed by atoms with Gasteiger partial charge in [-0.1, -0.05) is 0 Å². The third kappa shape index (κ3) is 2.64. The average molecular weight is 271 g/mol. The van der Waals surface area contributed by atoms with Crippen LogP contribution < -0.4 is 0 Å². The molecule has 0 aliphatic rings. The second-order valence-electron chi connectivity index (χ2n) is 3.58. The fourth-order valence-electron chi connectivity index (χ4n) is 1.72. The molecule has 0 aromatic carbocycles. The Morgan fingerprint density at radius 1 is 0.947 bits per heavy atom. The zero-order valence-electron chi connectivity index (χ0n) is 11.1. The monoisotopic (exact) mass is 271 g/mol. The van der Waals surface area contributed by atoms with Gasteiger partial charge in [-0.2, -0.15) is 0 Å². The van der Waals surface area contributed by atoms with E-state index in [-0.39, 0.29) is 31.1 Å². The first-order valence-corrected chi connectivity index (χ1v) is 5.98. The number of nitrogens with zero attached hydrogens (tertiary/aromatic N) is 1. The maximum atomic E-state index is 11.7. The summed E-state index contributed by atoms with van der Waals surface area (Å²) >= 11 is 0. The van der Waals surface area contributed by atoms with E-state index in [2.05, 4.69) is 0 Å². The molecule has 0 spiro atoms. The van der Waals surface area contributed by atoms with Crippen LogP contribution in [0.15, 0.2) is 0 Å². The number of ether oxygens (including phenoxy) is 2. The Morgan fingerprint density at radius 3 is 1.58 bits per heavy atom. The van der Waals surface area contributed by atoms with Gasteiger partial charge in [0.1, 0.15) is 0 Å². The van der Waals surface area contributed by atoms with Crippen LogP contribution >= 0.6 is 0 Å². The van der Waals surface area contributed by atoms with Crippen LogP contribution in [0.25, 0.3) is 0 Å². The van der Waals surface area contributed by atoms with E-state index in [1.165, 1.54) is 4.57 Å². The van der Waals surface area contributed by atoms with E-state index in [9.17, 15) is 19.8 Å². The Hall–Kier alpha value is -2.18. The molecule has 0 radical (unpaired) electrons. The average Bonchev–Trinajstić information content (AvgIpc) is 2.62. The summed E-state index contributed by atoms with van der Waals surface area (Å²) in [6, 6.07) is 0. The zero-order chi connectivity index (χ0) is 14.6. The van der Waals surface area contributed by atoms with Crippen LogP contribution in [0.5, 0.6) is 11.5 Å². The van der Waals surface area contributed by atoms with Crippen LogP contribution in [-0.2, 0) is 16.0 Å². The summed E-state index contributed by atoms with van der Waals surface area (Å²) in [6.45, 7) is 5.30. The van der Waals surface area contributed by atoms with Crippen molar-refractivity contribution in [2.24, 2.45) is 0 Å². The molecule has 0 fully saturated rings. The van der Waals surface area contributed by atoms with Crippen molar-refractivity contribution in [3.63, 3.8) is 0 Å². The quantitative estimate of drug-likeness (QED) is 0.783. The maximum Gasteiger partial charge on any atom is 0.359 e. The molecule has 0 atom stereocenters. The Labute approximate surface area is 110 Å². The van der Waals surface area contributed by atoms with Crippen molar-refractivity contribution < 1.29 is 29.3 Å². The third-order valence-corrected chi connectivity index (χ3v) is 2.47. The van der Waals surface area contributed by atoms with Crippen LogP contribution in [0, 0.1) is 0 Å². The normalized spacial score (nSPS) is 10.3. The topological polar surface area (TPSA) is 98.0 Å². The number of esters is 2. The Bertz CT molecular complexity index is 449. The van der Waals surface area contributed by atoms with Crippen LogP contribution in [0.1, 0.15) is 41.7 Å². The fourth-order valence-corrected chi connectivity index (χ4v) is 1.72. The molecular weight excluding hydrogens is 254 g/mol. The van der Waals surface area contributed by atoms with Crippen molar-refractivity contribution in [1.29, 1.82) is 0 Å².